The molecular formula is C14H17FO3. The van der Waals surface area contributed by atoms with Crippen LogP contribution in [0.15, 0.2) is 18.2 Å². The van der Waals surface area contributed by atoms with Crippen molar-refractivity contribution in [1.82, 2.24) is 0 Å². The molecule has 3 nitrogen and oxygen atoms in total. The number of halogens is 1. The molecule has 1 saturated heterocycles. The van der Waals surface area contributed by atoms with E-state index in [9.17, 15) is 9.18 Å². The largest absolute Gasteiger partial charge is 0.494 e. The third kappa shape index (κ3) is 3.07. The van der Waals surface area contributed by atoms with Crippen molar-refractivity contribution in [3.05, 3.63) is 29.6 Å². The molecule has 4 heteroatoms. The van der Waals surface area contributed by atoms with E-state index in [0.29, 0.717) is 17.9 Å². The van der Waals surface area contributed by atoms with Crippen molar-refractivity contribution in [1.29, 1.82) is 0 Å². The maximum Gasteiger partial charge on any atom is 0.165 e. The van der Waals surface area contributed by atoms with Crippen LogP contribution in [0.2, 0.25) is 0 Å². The highest BCUT2D eigenvalue weighted by Gasteiger charge is 2.19. The summed E-state index contributed by atoms with van der Waals surface area (Å²) in [6, 6.07) is 4.36. The van der Waals surface area contributed by atoms with Gasteiger partial charge in [-0.15, -0.1) is 0 Å². The fraction of sp³-hybridized carbons (Fsp3) is 0.500. The fourth-order valence-corrected chi connectivity index (χ4v) is 2.17. The first kappa shape index (κ1) is 13.0. The lowest BCUT2D eigenvalue weighted by Crippen LogP contribution is -2.18. The van der Waals surface area contributed by atoms with E-state index in [0.717, 1.165) is 26.1 Å². The Hall–Kier alpha value is -1.42. The van der Waals surface area contributed by atoms with Crippen LogP contribution < -0.4 is 4.74 Å². The van der Waals surface area contributed by atoms with Gasteiger partial charge >= 0.3 is 0 Å². The Kier molecular flexibility index (Phi) is 4.31. The van der Waals surface area contributed by atoms with Gasteiger partial charge in [-0.25, -0.2) is 4.39 Å². The molecular weight excluding hydrogens is 235 g/mol. The van der Waals surface area contributed by atoms with Crippen LogP contribution in [-0.2, 0) is 4.74 Å². The zero-order valence-electron chi connectivity index (χ0n) is 10.4. The predicted molar refractivity (Wildman–Crippen MR) is 65.4 cm³/mol. The van der Waals surface area contributed by atoms with Crippen LogP contribution in [0.1, 0.15) is 29.6 Å². The first-order chi connectivity index (χ1) is 8.70. The summed E-state index contributed by atoms with van der Waals surface area (Å²) in [7, 11) is 1.40. The van der Waals surface area contributed by atoms with Crippen LogP contribution in [0.3, 0.4) is 0 Å². The number of methoxy groups -OCH3 is 1. The van der Waals surface area contributed by atoms with Crippen LogP contribution in [0.25, 0.3) is 0 Å². The number of hydrogen-bond donors (Lipinski definition) is 0. The molecule has 0 bridgehead atoms. The number of ketones is 1. The van der Waals surface area contributed by atoms with Crippen LogP contribution in [0, 0.1) is 11.7 Å². The van der Waals surface area contributed by atoms with E-state index in [1.807, 2.05) is 0 Å². The van der Waals surface area contributed by atoms with Gasteiger partial charge < -0.3 is 9.47 Å². The van der Waals surface area contributed by atoms with Crippen molar-refractivity contribution >= 4 is 5.78 Å². The molecule has 2 rings (SSSR count). The Bertz CT molecular complexity index is 425. The molecule has 0 atom stereocenters. The lowest BCUT2D eigenvalue weighted by atomic mass is 9.92. The standard InChI is InChI=1S/C14H17FO3/c1-17-14-3-2-11(9-12(14)15)13(16)8-10-4-6-18-7-5-10/h2-3,9-10H,4-8H2,1H3. The van der Waals surface area contributed by atoms with Gasteiger partial charge in [0.15, 0.2) is 17.3 Å². The molecule has 1 fully saturated rings. The van der Waals surface area contributed by atoms with E-state index < -0.39 is 5.82 Å². The second-order valence-corrected chi connectivity index (χ2v) is 4.53. The van der Waals surface area contributed by atoms with E-state index in [1.165, 1.54) is 19.2 Å². The van der Waals surface area contributed by atoms with Crippen molar-refractivity contribution in [3.63, 3.8) is 0 Å². The van der Waals surface area contributed by atoms with Crippen molar-refractivity contribution in [2.45, 2.75) is 19.3 Å². The second-order valence-electron chi connectivity index (χ2n) is 4.53. The summed E-state index contributed by atoms with van der Waals surface area (Å²) in [5.41, 5.74) is 0.416. The number of rotatable bonds is 4. The Morgan fingerprint density at radius 1 is 1.44 bits per heavy atom. The Morgan fingerprint density at radius 2 is 2.17 bits per heavy atom. The number of benzene rings is 1. The van der Waals surface area contributed by atoms with Gasteiger partial charge in [0, 0.05) is 25.2 Å². The monoisotopic (exact) mass is 252 g/mol. The highest BCUT2D eigenvalue weighted by Crippen LogP contribution is 2.23. The molecule has 0 spiro atoms. The zero-order valence-corrected chi connectivity index (χ0v) is 10.4. The van der Waals surface area contributed by atoms with E-state index >= 15 is 0 Å². The molecule has 98 valence electrons. The third-order valence-electron chi connectivity index (χ3n) is 3.29. The summed E-state index contributed by atoms with van der Waals surface area (Å²) in [5, 5.41) is 0. The van der Waals surface area contributed by atoms with Crippen molar-refractivity contribution in [2.75, 3.05) is 20.3 Å². The molecule has 1 aromatic carbocycles. The second kappa shape index (κ2) is 5.96. The average Bonchev–Trinajstić information content (AvgIpc) is 2.39. The summed E-state index contributed by atoms with van der Waals surface area (Å²) >= 11 is 0. The summed E-state index contributed by atoms with van der Waals surface area (Å²) < 4.78 is 23.6. The lowest BCUT2D eigenvalue weighted by Gasteiger charge is -2.21. The molecule has 0 aliphatic carbocycles. The summed E-state index contributed by atoms with van der Waals surface area (Å²) in [4.78, 5) is 12.0. The highest BCUT2D eigenvalue weighted by atomic mass is 19.1. The van der Waals surface area contributed by atoms with E-state index in [-0.39, 0.29) is 11.5 Å². The maximum absolute atomic E-state index is 13.5. The van der Waals surface area contributed by atoms with Gasteiger partial charge in [0.2, 0.25) is 0 Å². The van der Waals surface area contributed by atoms with Gasteiger partial charge in [-0.3, -0.25) is 4.79 Å². The Balaban J connectivity index is 2.01. The molecule has 0 unspecified atom stereocenters. The van der Waals surface area contributed by atoms with Gasteiger partial charge in [0.1, 0.15) is 0 Å². The molecule has 1 aliphatic rings. The highest BCUT2D eigenvalue weighted by molar-refractivity contribution is 5.96. The van der Waals surface area contributed by atoms with Crippen molar-refractivity contribution in [2.24, 2.45) is 5.92 Å². The number of Topliss-reactive ketones (excluding diaryl/α,β-unsaturated/α-hetero) is 1. The first-order valence-electron chi connectivity index (χ1n) is 6.15. The molecule has 1 aliphatic heterocycles. The van der Waals surface area contributed by atoms with Crippen LogP contribution >= 0.6 is 0 Å². The number of carbonyl (C=O) groups excluding carboxylic acids is 1. The third-order valence-corrected chi connectivity index (χ3v) is 3.29. The molecule has 1 heterocycles. The smallest absolute Gasteiger partial charge is 0.165 e. The van der Waals surface area contributed by atoms with E-state index in [1.54, 1.807) is 6.07 Å². The molecule has 0 aromatic heterocycles. The fourth-order valence-electron chi connectivity index (χ4n) is 2.17. The molecule has 0 saturated carbocycles. The lowest BCUT2D eigenvalue weighted by molar-refractivity contribution is 0.0601. The van der Waals surface area contributed by atoms with Crippen molar-refractivity contribution < 1.29 is 18.7 Å². The van der Waals surface area contributed by atoms with Gasteiger partial charge in [-0.05, 0) is 37.0 Å². The minimum absolute atomic E-state index is 0.0107. The summed E-state index contributed by atoms with van der Waals surface area (Å²) in [5.74, 6) is 0.0211. The average molecular weight is 252 g/mol. The minimum Gasteiger partial charge on any atom is -0.494 e. The predicted octanol–water partition coefficient (Wildman–Crippen LogP) is 2.83. The summed E-state index contributed by atoms with van der Waals surface area (Å²) in [6.45, 7) is 1.43. The molecule has 18 heavy (non-hydrogen) atoms. The van der Waals surface area contributed by atoms with Gasteiger partial charge in [-0.2, -0.15) is 0 Å². The minimum atomic E-state index is -0.490. The Morgan fingerprint density at radius 3 is 2.78 bits per heavy atom. The molecule has 0 N–H and O–H groups in total. The van der Waals surface area contributed by atoms with Gasteiger partial charge in [-0.1, -0.05) is 0 Å². The Labute approximate surface area is 106 Å². The van der Waals surface area contributed by atoms with Crippen LogP contribution in [0.4, 0.5) is 4.39 Å². The van der Waals surface area contributed by atoms with E-state index in [2.05, 4.69) is 0 Å². The van der Waals surface area contributed by atoms with Gasteiger partial charge in [0.05, 0.1) is 7.11 Å². The number of ether oxygens (including phenoxy) is 2. The quantitative estimate of drug-likeness (QED) is 0.773. The summed E-state index contributed by atoms with van der Waals surface area (Å²) in [6.07, 6.45) is 2.28. The molecule has 1 aromatic rings. The molecule has 0 radical (unpaired) electrons. The van der Waals surface area contributed by atoms with E-state index in [4.69, 9.17) is 9.47 Å². The van der Waals surface area contributed by atoms with Gasteiger partial charge in [0.25, 0.3) is 0 Å². The molecule has 0 amide bonds. The zero-order chi connectivity index (χ0) is 13.0. The van der Waals surface area contributed by atoms with Crippen LogP contribution in [-0.4, -0.2) is 26.1 Å². The SMILES string of the molecule is COc1ccc(C(=O)CC2CCOCC2)cc1F. The topological polar surface area (TPSA) is 35.5 Å². The normalized spacial score (nSPS) is 16.6. The van der Waals surface area contributed by atoms with Crippen molar-refractivity contribution in [3.8, 4) is 5.75 Å². The number of carbonyl (C=O) groups is 1. The number of hydrogen-bond acceptors (Lipinski definition) is 3. The maximum atomic E-state index is 13.5. The van der Waals surface area contributed by atoms with Crippen LogP contribution in [0.5, 0.6) is 5.75 Å². The first-order valence-corrected chi connectivity index (χ1v) is 6.15.